The predicted octanol–water partition coefficient (Wildman–Crippen LogP) is 2.64. The summed E-state index contributed by atoms with van der Waals surface area (Å²) >= 11 is 3.23. The number of nitrogens with zero attached hydrogens (tertiary/aromatic N) is 3. The third-order valence-electron chi connectivity index (χ3n) is 3.17. The number of carboxylic acids is 1. The van der Waals surface area contributed by atoms with E-state index in [9.17, 15) is 9.59 Å². The molecule has 2 aromatic rings. The Morgan fingerprint density at radius 1 is 1.32 bits per heavy atom. The summed E-state index contributed by atoms with van der Waals surface area (Å²) in [4.78, 5) is 25.0. The predicted molar refractivity (Wildman–Crippen MR) is 84.8 cm³/mol. The Bertz CT molecular complexity index is 712. The van der Waals surface area contributed by atoms with E-state index in [1.165, 1.54) is 17.0 Å². The van der Waals surface area contributed by atoms with Crippen LogP contribution < -0.4 is 0 Å². The number of carboxylic acid groups (broad SMARTS) is 1. The maximum absolute atomic E-state index is 12.4. The average Bonchev–Trinajstić information content (AvgIpc) is 2.93. The van der Waals surface area contributed by atoms with E-state index in [2.05, 4.69) is 21.0 Å². The zero-order valence-corrected chi connectivity index (χ0v) is 13.9. The number of aromatic carboxylic acids is 1. The van der Waals surface area contributed by atoms with Crippen molar-refractivity contribution in [2.75, 3.05) is 7.05 Å². The van der Waals surface area contributed by atoms with Gasteiger partial charge in [0.05, 0.1) is 11.8 Å². The summed E-state index contributed by atoms with van der Waals surface area (Å²) in [6.45, 7) is 3.17. The lowest BCUT2D eigenvalue weighted by Gasteiger charge is -2.16. The smallest absolute Gasteiger partial charge is 0.335 e. The fourth-order valence-corrected chi connectivity index (χ4v) is 2.56. The van der Waals surface area contributed by atoms with Gasteiger partial charge in [0, 0.05) is 41.9 Å². The molecule has 0 atom stereocenters. The Labute approximate surface area is 136 Å². The minimum absolute atomic E-state index is 0.0740. The molecule has 0 aliphatic carbocycles. The van der Waals surface area contributed by atoms with Crippen LogP contribution in [0.15, 0.2) is 35.1 Å². The molecule has 6 nitrogen and oxygen atoms in total. The van der Waals surface area contributed by atoms with Crippen LogP contribution in [0.25, 0.3) is 0 Å². The fourth-order valence-electron chi connectivity index (χ4n) is 2.06. The summed E-state index contributed by atoms with van der Waals surface area (Å²) in [6.07, 6.45) is 3.60. The highest BCUT2D eigenvalue weighted by Crippen LogP contribution is 2.18. The SMILES string of the molecule is CCn1cc(CN(C)C(=O)c2cc(Br)cc(C(=O)O)c2)cn1. The van der Waals surface area contributed by atoms with Crippen molar-refractivity contribution in [3.05, 3.63) is 51.8 Å². The molecule has 22 heavy (non-hydrogen) atoms. The molecule has 2 rings (SSSR count). The minimum Gasteiger partial charge on any atom is -0.478 e. The molecule has 116 valence electrons. The van der Waals surface area contributed by atoms with Crippen LogP contribution in [0, 0.1) is 0 Å². The molecule has 0 unspecified atom stereocenters. The lowest BCUT2D eigenvalue weighted by Crippen LogP contribution is -2.26. The zero-order chi connectivity index (χ0) is 16.3. The number of carbonyl (C=O) groups is 2. The molecule has 0 aliphatic heterocycles. The highest BCUT2D eigenvalue weighted by atomic mass is 79.9. The molecular formula is C15H16BrN3O3. The van der Waals surface area contributed by atoms with Crippen LogP contribution in [0.5, 0.6) is 0 Å². The molecule has 1 amide bonds. The molecule has 7 heteroatoms. The van der Waals surface area contributed by atoms with Crippen molar-refractivity contribution in [2.24, 2.45) is 0 Å². The molecule has 0 spiro atoms. The van der Waals surface area contributed by atoms with Gasteiger partial charge in [0.2, 0.25) is 0 Å². The van der Waals surface area contributed by atoms with Crippen LogP contribution in [0.4, 0.5) is 0 Å². The summed E-state index contributed by atoms with van der Waals surface area (Å²) in [6, 6.07) is 4.45. The topological polar surface area (TPSA) is 75.4 Å². The van der Waals surface area contributed by atoms with E-state index >= 15 is 0 Å². The minimum atomic E-state index is -1.07. The molecule has 0 aliphatic rings. The van der Waals surface area contributed by atoms with Crippen LogP contribution >= 0.6 is 15.9 Å². The first-order valence-corrected chi connectivity index (χ1v) is 7.50. The molecule has 1 aromatic carbocycles. The molecule has 1 N–H and O–H groups in total. The van der Waals surface area contributed by atoms with Crippen molar-refractivity contribution in [2.45, 2.75) is 20.0 Å². The monoisotopic (exact) mass is 365 g/mol. The van der Waals surface area contributed by atoms with E-state index in [0.29, 0.717) is 16.6 Å². The maximum Gasteiger partial charge on any atom is 0.335 e. The third-order valence-corrected chi connectivity index (χ3v) is 3.63. The largest absolute Gasteiger partial charge is 0.478 e. The number of hydrogen-bond donors (Lipinski definition) is 1. The van der Waals surface area contributed by atoms with Gasteiger partial charge >= 0.3 is 5.97 Å². The van der Waals surface area contributed by atoms with Crippen LogP contribution in [0.1, 0.15) is 33.2 Å². The zero-order valence-electron chi connectivity index (χ0n) is 12.3. The molecule has 1 aromatic heterocycles. The number of hydrogen-bond acceptors (Lipinski definition) is 3. The standard InChI is InChI=1S/C15H16BrN3O3/c1-3-19-9-10(7-17-19)8-18(2)14(20)11-4-12(15(21)22)6-13(16)5-11/h4-7,9H,3,8H2,1-2H3,(H,21,22). The number of rotatable bonds is 5. The van der Waals surface area contributed by atoms with Gasteiger partial charge in [-0.1, -0.05) is 15.9 Å². The van der Waals surface area contributed by atoms with Gasteiger partial charge in [0.1, 0.15) is 0 Å². The van der Waals surface area contributed by atoms with E-state index in [4.69, 9.17) is 5.11 Å². The quantitative estimate of drug-likeness (QED) is 0.883. The molecule has 0 saturated heterocycles. The van der Waals surface area contributed by atoms with Crippen LogP contribution in [0.3, 0.4) is 0 Å². The maximum atomic E-state index is 12.4. The van der Waals surface area contributed by atoms with E-state index in [1.807, 2.05) is 13.1 Å². The Hall–Kier alpha value is -2.15. The second-order valence-corrected chi connectivity index (χ2v) is 5.81. The van der Waals surface area contributed by atoms with Gasteiger partial charge in [-0.3, -0.25) is 9.48 Å². The van der Waals surface area contributed by atoms with Crippen LogP contribution in [-0.2, 0) is 13.1 Å². The summed E-state index contributed by atoms with van der Waals surface area (Å²) < 4.78 is 2.35. The van der Waals surface area contributed by atoms with Crippen molar-refractivity contribution in [3.63, 3.8) is 0 Å². The van der Waals surface area contributed by atoms with Gasteiger partial charge in [-0.05, 0) is 25.1 Å². The van der Waals surface area contributed by atoms with Crippen molar-refractivity contribution in [3.8, 4) is 0 Å². The van der Waals surface area contributed by atoms with Gasteiger partial charge in [-0.15, -0.1) is 0 Å². The number of aryl methyl sites for hydroxylation is 1. The number of amides is 1. The van der Waals surface area contributed by atoms with Crippen molar-refractivity contribution in [1.29, 1.82) is 0 Å². The van der Waals surface area contributed by atoms with Crippen molar-refractivity contribution < 1.29 is 14.7 Å². The number of aromatic nitrogens is 2. The van der Waals surface area contributed by atoms with Crippen LogP contribution in [0.2, 0.25) is 0 Å². The molecular weight excluding hydrogens is 350 g/mol. The first-order chi connectivity index (χ1) is 10.4. The Morgan fingerprint density at radius 3 is 2.59 bits per heavy atom. The molecule has 0 saturated carbocycles. The van der Waals surface area contributed by atoms with Crippen molar-refractivity contribution >= 4 is 27.8 Å². The van der Waals surface area contributed by atoms with Gasteiger partial charge in [0.25, 0.3) is 5.91 Å². The second-order valence-electron chi connectivity index (χ2n) is 4.90. The van der Waals surface area contributed by atoms with Gasteiger partial charge < -0.3 is 10.0 Å². The Balaban J connectivity index is 2.18. The van der Waals surface area contributed by atoms with E-state index in [0.717, 1.165) is 12.1 Å². The van der Waals surface area contributed by atoms with Gasteiger partial charge in [-0.25, -0.2) is 4.79 Å². The summed E-state index contributed by atoms with van der Waals surface area (Å²) in [5, 5.41) is 13.2. The lowest BCUT2D eigenvalue weighted by molar-refractivity contribution is 0.0697. The molecule has 0 radical (unpaired) electrons. The Kier molecular flexibility index (Phi) is 4.97. The second kappa shape index (κ2) is 6.74. The number of benzene rings is 1. The molecule has 0 fully saturated rings. The highest BCUT2D eigenvalue weighted by Gasteiger charge is 2.16. The number of halogens is 1. The van der Waals surface area contributed by atoms with Gasteiger partial charge in [-0.2, -0.15) is 5.10 Å². The first-order valence-electron chi connectivity index (χ1n) is 6.71. The number of carbonyl (C=O) groups excluding carboxylic acids is 1. The average molecular weight is 366 g/mol. The normalized spacial score (nSPS) is 10.5. The molecule has 0 bridgehead atoms. The Morgan fingerprint density at radius 2 is 2.00 bits per heavy atom. The van der Waals surface area contributed by atoms with E-state index in [-0.39, 0.29) is 11.5 Å². The van der Waals surface area contributed by atoms with Gasteiger partial charge in [0.15, 0.2) is 0 Å². The summed E-state index contributed by atoms with van der Waals surface area (Å²) in [5.74, 6) is -1.31. The summed E-state index contributed by atoms with van der Waals surface area (Å²) in [5.41, 5.74) is 1.33. The van der Waals surface area contributed by atoms with E-state index < -0.39 is 5.97 Å². The summed E-state index contributed by atoms with van der Waals surface area (Å²) in [7, 11) is 1.67. The highest BCUT2D eigenvalue weighted by molar-refractivity contribution is 9.10. The van der Waals surface area contributed by atoms with Crippen LogP contribution in [-0.4, -0.2) is 38.7 Å². The first kappa shape index (κ1) is 16.2. The lowest BCUT2D eigenvalue weighted by atomic mass is 10.1. The fraction of sp³-hybridized carbons (Fsp3) is 0.267. The molecule has 1 heterocycles. The van der Waals surface area contributed by atoms with Crippen molar-refractivity contribution in [1.82, 2.24) is 14.7 Å². The van der Waals surface area contributed by atoms with E-state index in [1.54, 1.807) is 24.0 Å². The third kappa shape index (κ3) is 3.73.